The third kappa shape index (κ3) is 2.86. The molecule has 0 radical (unpaired) electrons. The molecule has 1 aliphatic rings. The van der Waals surface area contributed by atoms with E-state index in [0.717, 1.165) is 25.1 Å². The molecular weight excluding hydrogens is 300 g/mol. The molecule has 0 aliphatic carbocycles. The second-order valence-electron chi connectivity index (χ2n) is 5.74. The van der Waals surface area contributed by atoms with E-state index in [0.29, 0.717) is 16.4 Å². The van der Waals surface area contributed by atoms with Crippen LogP contribution in [0.1, 0.15) is 42.4 Å². The molecule has 22 heavy (non-hydrogen) atoms. The molecular formula is C16H19ClN4O. The highest BCUT2D eigenvalue weighted by Crippen LogP contribution is 2.20. The maximum atomic E-state index is 12.7. The van der Waals surface area contributed by atoms with Crippen LogP contribution in [-0.2, 0) is 0 Å². The average Bonchev–Trinajstić information content (AvgIpc) is 2.90. The van der Waals surface area contributed by atoms with Crippen LogP contribution in [0, 0.1) is 6.92 Å². The second kappa shape index (κ2) is 6.08. The van der Waals surface area contributed by atoms with Gasteiger partial charge in [0.1, 0.15) is 0 Å². The van der Waals surface area contributed by atoms with E-state index >= 15 is 0 Å². The zero-order valence-electron chi connectivity index (χ0n) is 12.8. The Bertz CT molecular complexity index is 680. The summed E-state index contributed by atoms with van der Waals surface area (Å²) in [4.78, 5) is 16.1. The molecule has 0 unspecified atom stereocenters. The Morgan fingerprint density at radius 3 is 2.64 bits per heavy atom. The number of rotatable bonds is 2. The van der Waals surface area contributed by atoms with Gasteiger partial charge in [0, 0.05) is 17.6 Å². The second-order valence-corrected chi connectivity index (χ2v) is 6.18. The molecule has 6 heteroatoms. The molecule has 0 bridgehead atoms. The first-order valence-corrected chi connectivity index (χ1v) is 7.95. The summed E-state index contributed by atoms with van der Waals surface area (Å²) in [5.74, 6) is -0.0232. The van der Waals surface area contributed by atoms with Crippen molar-refractivity contribution in [2.75, 3.05) is 6.54 Å². The van der Waals surface area contributed by atoms with Crippen molar-refractivity contribution in [2.45, 2.75) is 39.2 Å². The van der Waals surface area contributed by atoms with E-state index in [-0.39, 0.29) is 11.9 Å². The van der Waals surface area contributed by atoms with Crippen LogP contribution in [0.4, 0.5) is 0 Å². The molecule has 3 rings (SSSR count). The van der Waals surface area contributed by atoms with Crippen LogP contribution in [-0.4, -0.2) is 38.4 Å². The predicted molar refractivity (Wildman–Crippen MR) is 85.5 cm³/mol. The van der Waals surface area contributed by atoms with Crippen LogP contribution >= 0.6 is 11.6 Å². The van der Waals surface area contributed by atoms with Gasteiger partial charge in [0.25, 0.3) is 5.91 Å². The molecule has 1 atom stereocenters. The summed E-state index contributed by atoms with van der Waals surface area (Å²) in [6, 6.07) is 7.49. The average molecular weight is 319 g/mol. The molecule has 1 aromatic heterocycles. The lowest BCUT2D eigenvalue weighted by molar-refractivity contribution is 0.0628. The Kier molecular flexibility index (Phi) is 4.16. The molecule has 1 amide bonds. The minimum Gasteiger partial charge on any atom is -0.334 e. The lowest BCUT2D eigenvalue weighted by Crippen LogP contribution is -2.42. The van der Waals surface area contributed by atoms with Gasteiger partial charge in [0.2, 0.25) is 0 Å². The third-order valence-electron chi connectivity index (χ3n) is 4.11. The molecule has 2 aromatic rings. The highest BCUT2D eigenvalue weighted by atomic mass is 35.5. The quantitative estimate of drug-likeness (QED) is 0.854. The van der Waals surface area contributed by atoms with Gasteiger partial charge in [-0.1, -0.05) is 11.6 Å². The zero-order valence-corrected chi connectivity index (χ0v) is 13.5. The van der Waals surface area contributed by atoms with Gasteiger partial charge in [-0.15, -0.1) is 5.10 Å². The fraction of sp³-hybridized carbons (Fsp3) is 0.438. The number of aryl methyl sites for hydroxylation is 1. The summed E-state index contributed by atoms with van der Waals surface area (Å²) in [5.41, 5.74) is 1.87. The molecule has 5 nitrogen and oxygen atoms in total. The lowest BCUT2D eigenvalue weighted by Gasteiger charge is -2.32. The van der Waals surface area contributed by atoms with E-state index in [1.54, 1.807) is 12.1 Å². The number of hydrogen-bond acceptors (Lipinski definition) is 3. The monoisotopic (exact) mass is 318 g/mol. The number of hydrogen-bond donors (Lipinski definition) is 0. The molecule has 1 aromatic carbocycles. The summed E-state index contributed by atoms with van der Waals surface area (Å²) in [6.45, 7) is 4.71. The smallest absolute Gasteiger partial charge is 0.276 e. The number of nitrogens with zero attached hydrogens (tertiary/aromatic N) is 4. The number of piperidine rings is 1. The van der Waals surface area contributed by atoms with E-state index in [2.05, 4.69) is 17.1 Å². The van der Waals surface area contributed by atoms with Crippen LogP contribution in [0.2, 0.25) is 5.02 Å². The van der Waals surface area contributed by atoms with E-state index in [9.17, 15) is 4.79 Å². The molecule has 2 heterocycles. The number of halogens is 1. The maximum Gasteiger partial charge on any atom is 0.276 e. The molecule has 0 saturated carbocycles. The Morgan fingerprint density at radius 2 is 1.95 bits per heavy atom. The van der Waals surface area contributed by atoms with Crippen molar-refractivity contribution < 1.29 is 4.79 Å². The standard InChI is InChI=1S/C16H19ClN4O/c1-11-5-3-4-10-20(11)16(22)15-12(2)18-21(19-15)14-8-6-13(17)7-9-14/h6-9,11H,3-5,10H2,1-2H3/t11-/m1/s1. The fourth-order valence-corrected chi connectivity index (χ4v) is 2.93. The van der Waals surface area contributed by atoms with Crippen LogP contribution in [0.15, 0.2) is 24.3 Å². The minimum atomic E-state index is -0.0232. The fourth-order valence-electron chi connectivity index (χ4n) is 2.80. The van der Waals surface area contributed by atoms with Crippen molar-refractivity contribution in [3.05, 3.63) is 40.7 Å². The van der Waals surface area contributed by atoms with Gasteiger partial charge in [-0.3, -0.25) is 4.79 Å². The Morgan fingerprint density at radius 1 is 1.23 bits per heavy atom. The number of carbonyl (C=O) groups excluding carboxylic acids is 1. The van der Waals surface area contributed by atoms with E-state index < -0.39 is 0 Å². The first kappa shape index (κ1) is 15.0. The third-order valence-corrected chi connectivity index (χ3v) is 4.36. The highest BCUT2D eigenvalue weighted by molar-refractivity contribution is 6.30. The lowest BCUT2D eigenvalue weighted by atomic mass is 10.0. The molecule has 116 valence electrons. The number of carbonyl (C=O) groups is 1. The maximum absolute atomic E-state index is 12.7. The first-order valence-electron chi connectivity index (χ1n) is 7.57. The molecule has 0 N–H and O–H groups in total. The first-order chi connectivity index (χ1) is 10.6. The molecule has 1 fully saturated rings. The SMILES string of the molecule is Cc1nn(-c2ccc(Cl)cc2)nc1C(=O)N1CCCC[C@H]1C. The Labute approximate surface area is 134 Å². The predicted octanol–water partition coefficient (Wildman–Crippen LogP) is 3.24. The molecule has 1 saturated heterocycles. The van der Waals surface area contributed by atoms with Gasteiger partial charge < -0.3 is 4.90 Å². The van der Waals surface area contributed by atoms with Crippen LogP contribution < -0.4 is 0 Å². The number of aromatic nitrogens is 3. The van der Waals surface area contributed by atoms with Crippen molar-refractivity contribution in [1.82, 2.24) is 19.9 Å². The van der Waals surface area contributed by atoms with Crippen LogP contribution in [0.5, 0.6) is 0 Å². The number of likely N-dealkylation sites (tertiary alicyclic amines) is 1. The molecule has 0 spiro atoms. The van der Waals surface area contributed by atoms with Gasteiger partial charge in [-0.2, -0.15) is 9.90 Å². The summed E-state index contributed by atoms with van der Waals surface area (Å²) in [5, 5.41) is 9.42. The summed E-state index contributed by atoms with van der Waals surface area (Å²) in [7, 11) is 0. The Hall–Kier alpha value is -1.88. The Balaban J connectivity index is 1.88. The molecule has 1 aliphatic heterocycles. The van der Waals surface area contributed by atoms with Gasteiger partial charge >= 0.3 is 0 Å². The minimum absolute atomic E-state index is 0.0232. The topological polar surface area (TPSA) is 51.0 Å². The van der Waals surface area contributed by atoms with E-state index in [4.69, 9.17) is 11.6 Å². The summed E-state index contributed by atoms with van der Waals surface area (Å²) in [6.07, 6.45) is 3.29. The van der Waals surface area contributed by atoms with Crippen molar-refractivity contribution in [2.24, 2.45) is 0 Å². The van der Waals surface area contributed by atoms with Crippen molar-refractivity contribution >= 4 is 17.5 Å². The van der Waals surface area contributed by atoms with Gasteiger partial charge in [-0.05, 0) is 57.4 Å². The largest absolute Gasteiger partial charge is 0.334 e. The number of amides is 1. The van der Waals surface area contributed by atoms with E-state index in [1.807, 2.05) is 24.0 Å². The van der Waals surface area contributed by atoms with Crippen molar-refractivity contribution in [1.29, 1.82) is 0 Å². The van der Waals surface area contributed by atoms with Gasteiger partial charge in [-0.25, -0.2) is 0 Å². The van der Waals surface area contributed by atoms with E-state index in [1.165, 1.54) is 11.2 Å². The van der Waals surface area contributed by atoms with Gasteiger partial charge in [0.15, 0.2) is 5.69 Å². The van der Waals surface area contributed by atoms with Crippen molar-refractivity contribution in [3.8, 4) is 5.69 Å². The summed E-state index contributed by atoms with van der Waals surface area (Å²) < 4.78 is 0. The van der Waals surface area contributed by atoms with Crippen molar-refractivity contribution in [3.63, 3.8) is 0 Å². The normalized spacial score (nSPS) is 18.5. The zero-order chi connectivity index (χ0) is 15.7. The van der Waals surface area contributed by atoms with Crippen LogP contribution in [0.3, 0.4) is 0 Å². The highest BCUT2D eigenvalue weighted by Gasteiger charge is 2.27. The summed E-state index contributed by atoms with van der Waals surface area (Å²) >= 11 is 5.89. The number of benzene rings is 1. The van der Waals surface area contributed by atoms with Crippen LogP contribution in [0.25, 0.3) is 5.69 Å². The van der Waals surface area contributed by atoms with Gasteiger partial charge in [0.05, 0.1) is 11.4 Å².